The van der Waals surface area contributed by atoms with Crippen LogP contribution in [0.1, 0.15) is 12.8 Å². The fourth-order valence-corrected chi connectivity index (χ4v) is 3.51. The Bertz CT molecular complexity index is 915. The Kier molecular flexibility index (Phi) is 4.56. The first-order valence-corrected chi connectivity index (χ1v) is 8.91. The highest BCUT2D eigenvalue weighted by atomic mass is 19.1. The van der Waals surface area contributed by atoms with Gasteiger partial charge in [0, 0.05) is 19.6 Å². The SMILES string of the molecule is O=C(Nc1ccccc1F)N1CCC(Cn2cnc3ccccc32)CC1. The molecule has 2 heterocycles. The van der Waals surface area contributed by atoms with Gasteiger partial charge in [-0.15, -0.1) is 0 Å². The highest BCUT2D eigenvalue weighted by molar-refractivity contribution is 5.89. The van der Waals surface area contributed by atoms with Gasteiger partial charge in [0.15, 0.2) is 0 Å². The first-order chi connectivity index (χ1) is 12.7. The fourth-order valence-electron chi connectivity index (χ4n) is 3.51. The maximum atomic E-state index is 13.7. The molecule has 0 bridgehead atoms. The molecule has 0 unspecified atom stereocenters. The topological polar surface area (TPSA) is 50.2 Å². The smallest absolute Gasteiger partial charge is 0.321 e. The zero-order valence-corrected chi connectivity index (χ0v) is 14.4. The first-order valence-electron chi connectivity index (χ1n) is 8.91. The molecule has 1 aromatic heterocycles. The lowest BCUT2D eigenvalue weighted by Gasteiger charge is -2.32. The summed E-state index contributed by atoms with van der Waals surface area (Å²) < 4.78 is 15.9. The lowest BCUT2D eigenvalue weighted by atomic mass is 9.97. The van der Waals surface area contributed by atoms with Gasteiger partial charge in [0.25, 0.3) is 0 Å². The van der Waals surface area contributed by atoms with Crippen molar-refractivity contribution in [3.63, 3.8) is 0 Å². The van der Waals surface area contributed by atoms with Gasteiger partial charge in [-0.1, -0.05) is 24.3 Å². The third kappa shape index (κ3) is 3.40. The number of nitrogens with one attached hydrogen (secondary N) is 1. The zero-order chi connectivity index (χ0) is 17.9. The number of benzene rings is 2. The van der Waals surface area contributed by atoms with E-state index in [1.165, 1.54) is 6.07 Å². The summed E-state index contributed by atoms with van der Waals surface area (Å²) in [5.41, 5.74) is 2.38. The van der Waals surface area contributed by atoms with E-state index in [4.69, 9.17) is 0 Å². The van der Waals surface area contributed by atoms with Crippen LogP contribution in [-0.4, -0.2) is 33.6 Å². The summed E-state index contributed by atoms with van der Waals surface area (Å²) in [6, 6.07) is 14.1. The third-order valence-electron chi connectivity index (χ3n) is 5.00. The maximum Gasteiger partial charge on any atom is 0.321 e. The van der Waals surface area contributed by atoms with Crippen LogP contribution < -0.4 is 5.32 Å². The van der Waals surface area contributed by atoms with Crippen molar-refractivity contribution in [2.45, 2.75) is 19.4 Å². The molecule has 0 saturated carbocycles. The molecule has 26 heavy (non-hydrogen) atoms. The summed E-state index contributed by atoms with van der Waals surface area (Å²) in [4.78, 5) is 18.5. The van der Waals surface area contributed by atoms with Crippen LogP contribution in [0.25, 0.3) is 11.0 Å². The maximum absolute atomic E-state index is 13.7. The molecule has 1 aliphatic heterocycles. The van der Waals surface area contributed by atoms with Crippen LogP contribution in [-0.2, 0) is 6.54 Å². The monoisotopic (exact) mass is 352 g/mol. The van der Waals surface area contributed by atoms with E-state index in [9.17, 15) is 9.18 Å². The van der Waals surface area contributed by atoms with E-state index in [0.717, 1.165) is 30.4 Å². The minimum Gasteiger partial charge on any atom is -0.330 e. The number of piperidine rings is 1. The van der Waals surface area contributed by atoms with Gasteiger partial charge >= 0.3 is 6.03 Å². The molecule has 1 N–H and O–H groups in total. The standard InChI is InChI=1S/C20H21FN4O/c21-16-5-1-2-6-17(16)23-20(26)24-11-9-15(10-12-24)13-25-14-22-18-7-3-4-8-19(18)25/h1-8,14-15H,9-13H2,(H,23,26). The number of aromatic nitrogens is 2. The van der Waals surface area contributed by atoms with E-state index in [-0.39, 0.29) is 11.7 Å². The Balaban J connectivity index is 1.34. The molecule has 134 valence electrons. The second kappa shape index (κ2) is 7.15. The van der Waals surface area contributed by atoms with Gasteiger partial charge in [-0.3, -0.25) is 0 Å². The van der Waals surface area contributed by atoms with Gasteiger partial charge in [0.05, 0.1) is 23.0 Å². The van der Waals surface area contributed by atoms with Gasteiger partial charge < -0.3 is 14.8 Å². The number of hydrogen-bond acceptors (Lipinski definition) is 2. The molecule has 1 aliphatic rings. The summed E-state index contributed by atoms with van der Waals surface area (Å²) in [6.45, 7) is 2.26. The molecule has 3 aromatic rings. The largest absolute Gasteiger partial charge is 0.330 e. The van der Waals surface area contributed by atoms with Gasteiger partial charge in [-0.2, -0.15) is 0 Å². The molecule has 1 fully saturated rings. The van der Waals surface area contributed by atoms with Crippen LogP contribution in [0.2, 0.25) is 0 Å². The average molecular weight is 352 g/mol. The van der Waals surface area contributed by atoms with Crippen LogP contribution in [0.5, 0.6) is 0 Å². The quantitative estimate of drug-likeness (QED) is 0.771. The Hall–Kier alpha value is -2.89. The highest BCUT2D eigenvalue weighted by Crippen LogP contribution is 2.22. The lowest BCUT2D eigenvalue weighted by Crippen LogP contribution is -2.41. The normalized spacial score (nSPS) is 15.3. The number of carbonyl (C=O) groups excluding carboxylic acids is 1. The summed E-state index contributed by atoms with van der Waals surface area (Å²) in [5, 5.41) is 2.66. The van der Waals surface area contributed by atoms with Crippen molar-refractivity contribution in [2.24, 2.45) is 5.92 Å². The summed E-state index contributed by atoms with van der Waals surface area (Å²) in [6.07, 6.45) is 3.75. The number of amides is 2. The third-order valence-corrected chi connectivity index (χ3v) is 5.00. The molecule has 4 rings (SSSR count). The lowest BCUT2D eigenvalue weighted by molar-refractivity contribution is 0.177. The fraction of sp³-hybridized carbons (Fsp3) is 0.300. The molecule has 0 radical (unpaired) electrons. The number of hydrogen-bond donors (Lipinski definition) is 1. The number of nitrogens with zero attached hydrogens (tertiary/aromatic N) is 3. The van der Waals surface area contributed by atoms with Crippen molar-refractivity contribution in [1.29, 1.82) is 0 Å². The number of urea groups is 1. The Morgan fingerprint density at radius 2 is 1.85 bits per heavy atom. The Labute approximate surface area is 151 Å². The predicted molar refractivity (Wildman–Crippen MR) is 99.4 cm³/mol. The second-order valence-corrected chi connectivity index (χ2v) is 6.73. The van der Waals surface area contributed by atoms with E-state index >= 15 is 0 Å². The predicted octanol–water partition coefficient (Wildman–Crippen LogP) is 4.12. The van der Waals surface area contributed by atoms with Crippen LogP contribution >= 0.6 is 0 Å². The van der Waals surface area contributed by atoms with Gasteiger partial charge in [0.2, 0.25) is 0 Å². The number of anilines is 1. The molecule has 6 heteroatoms. The minimum atomic E-state index is -0.414. The molecule has 0 atom stereocenters. The zero-order valence-electron chi connectivity index (χ0n) is 14.4. The van der Waals surface area contributed by atoms with E-state index in [2.05, 4.69) is 20.9 Å². The number of fused-ring (bicyclic) bond motifs is 1. The number of para-hydroxylation sites is 3. The number of halogens is 1. The molecule has 0 aliphatic carbocycles. The van der Waals surface area contributed by atoms with E-state index in [1.807, 2.05) is 24.5 Å². The molecule has 0 spiro atoms. The summed E-state index contributed by atoms with van der Waals surface area (Å²) in [7, 11) is 0. The van der Waals surface area contributed by atoms with Crippen molar-refractivity contribution >= 4 is 22.8 Å². The molecule has 5 nitrogen and oxygen atoms in total. The Morgan fingerprint density at radius 3 is 2.65 bits per heavy atom. The number of likely N-dealkylation sites (tertiary alicyclic amines) is 1. The average Bonchev–Trinajstić information content (AvgIpc) is 3.07. The van der Waals surface area contributed by atoms with Crippen molar-refractivity contribution < 1.29 is 9.18 Å². The molecular weight excluding hydrogens is 331 g/mol. The van der Waals surface area contributed by atoms with Crippen LogP contribution in [0, 0.1) is 11.7 Å². The number of rotatable bonds is 3. The molecule has 1 saturated heterocycles. The second-order valence-electron chi connectivity index (χ2n) is 6.73. The molecule has 2 amide bonds. The Morgan fingerprint density at radius 1 is 1.12 bits per heavy atom. The number of imidazole rings is 1. The highest BCUT2D eigenvalue weighted by Gasteiger charge is 2.24. The van der Waals surface area contributed by atoms with Crippen LogP contribution in [0.4, 0.5) is 14.9 Å². The summed E-state index contributed by atoms with van der Waals surface area (Å²) in [5.74, 6) is 0.0906. The summed E-state index contributed by atoms with van der Waals surface area (Å²) >= 11 is 0. The van der Waals surface area contributed by atoms with Gasteiger partial charge in [0.1, 0.15) is 5.82 Å². The van der Waals surface area contributed by atoms with E-state index < -0.39 is 5.82 Å². The van der Waals surface area contributed by atoms with Crippen LogP contribution in [0.15, 0.2) is 54.9 Å². The van der Waals surface area contributed by atoms with Crippen molar-refractivity contribution in [3.8, 4) is 0 Å². The van der Waals surface area contributed by atoms with Crippen molar-refractivity contribution in [2.75, 3.05) is 18.4 Å². The van der Waals surface area contributed by atoms with Gasteiger partial charge in [-0.25, -0.2) is 14.2 Å². The first kappa shape index (κ1) is 16.6. The van der Waals surface area contributed by atoms with E-state index in [0.29, 0.717) is 19.0 Å². The number of carbonyl (C=O) groups is 1. The van der Waals surface area contributed by atoms with Crippen molar-refractivity contribution in [3.05, 3.63) is 60.7 Å². The minimum absolute atomic E-state index is 0.226. The molecular formula is C20H21FN4O. The molecule has 2 aromatic carbocycles. The van der Waals surface area contributed by atoms with Crippen molar-refractivity contribution in [1.82, 2.24) is 14.5 Å². The van der Waals surface area contributed by atoms with Gasteiger partial charge in [-0.05, 0) is 43.0 Å². The van der Waals surface area contributed by atoms with Crippen LogP contribution in [0.3, 0.4) is 0 Å². The van der Waals surface area contributed by atoms with E-state index in [1.54, 1.807) is 23.1 Å².